The maximum Gasteiger partial charge on any atom is 0.191 e. The van der Waals surface area contributed by atoms with Crippen LogP contribution in [0.2, 0.25) is 0 Å². The summed E-state index contributed by atoms with van der Waals surface area (Å²) < 4.78 is 3.66. The van der Waals surface area contributed by atoms with E-state index in [4.69, 9.17) is 0 Å². The lowest BCUT2D eigenvalue weighted by Crippen LogP contribution is -2.37. The summed E-state index contributed by atoms with van der Waals surface area (Å²) in [5.74, 6) is 1.57. The molecule has 3 rings (SSSR count). The van der Waals surface area contributed by atoms with Crippen LogP contribution in [0.4, 0.5) is 0 Å². The first kappa shape index (κ1) is 19.9. The molecule has 3 aromatic heterocycles. The summed E-state index contributed by atoms with van der Waals surface area (Å²) in [6.07, 6.45) is 10.1. The molecular weight excluding hydrogens is 443 g/mol. The summed E-state index contributed by atoms with van der Waals surface area (Å²) in [6, 6.07) is 7.79. The van der Waals surface area contributed by atoms with Gasteiger partial charge in [0.1, 0.15) is 0 Å². The molecule has 8 nitrogen and oxygen atoms in total. The number of pyridine rings is 1. The monoisotopic (exact) mass is 466 g/mol. The Balaban J connectivity index is 0.00000243. The SMILES string of the molecule is CN=C(NCCCn1cccn1)NCc1ccnc(-n2cccn2)c1.I. The van der Waals surface area contributed by atoms with E-state index in [0.717, 1.165) is 36.9 Å². The first-order chi connectivity index (χ1) is 12.3. The Morgan fingerprint density at radius 3 is 2.69 bits per heavy atom. The highest BCUT2D eigenvalue weighted by atomic mass is 127. The van der Waals surface area contributed by atoms with Crippen LogP contribution in [0.3, 0.4) is 0 Å². The van der Waals surface area contributed by atoms with Crippen molar-refractivity contribution in [2.45, 2.75) is 19.5 Å². The van der Waals surface area contributed by atoms with Gasteiger partial charge in [0.15, 0.2) is 11.8 Å². The number of aromatic nitrogens is 5. The van der Waals surface area contributed by atoms with Gasteiger partial charge in [-0.2, -0.15) is 10.2 Å². The van der Waals surface area contributed by atoms with Gasteiger partial charge in [-0.3, -0.25) is 9.67 Å². The van der Waals surface area contributed by atoms with Crippen LogP contribution in [-0.2, 0) is 13.1 Å². The number of halogens is 1. The number of hydrogen-bond acceptors (Lipinski definition) is 4. The summed E-state index contributed by atoms with van der Waals surface area (Å²) >= 11 is 0. The van der Waals surface area contributed by atoms with Gasteiger partial charge in [0, 0.05) is 57.7 Å². The van der Waals surface area contributed by atoms with Crippen LogP contribution < -0.4 is 10.6 Å². The molecular formula is C17H23IN8. The van der Waals surface area contributed by atoms with E-state index in [1.165, 1.54) is 0 Å². The molecule has 0 unspecified atom stereocenters. The second kappa shape index (κ2) is 10.5. The smallest absolute Gasteiger partial charge is 0.191 e. The van der Waals surface area contributed by atoms with Gasteiger partial charge in [0.2, 0.25) is 0 Å². The minimum absolute atomic E-state index is 0. The Morgan fingerprint density at radius 1 is 1.12 bits per heavy atom. The molecule has 0 spiro atoms. The van der Waals surface area contributed by atoms with Crippen molar-refractivity contribution in [1.29, 1.82) is 0 Å². The van der Waals surface area contributed by atoms with Crippen LogP contribution in [0.1, 0.15) is 12.0 Å². The van der Waals surface area contributed by atoms with E-state index in [2.05, 4.69) is 30.8 Å². The van der Waals surface area contributed by atoms with Gasteiger partial charge in [-0.1, -0.05) is 0 Å². The predicted molar refractivity (Wildman–Crippen MR) is 112 cm³/mol. The summed E-state index contributed by atoms with van der Waals surface area (Å²) in [4.78, 5) is 8.58. The van der Waals surface area contributed by atoms with E-state index in [0.29, 0.717) is 6.54 Å². The molecule has 26 heavy (non-hydrogen) atoms. The van der Waals surface area contributed by atoms with Crippen molar-refractivity contribution in [2.75, 3.05) is 13.6 Å². The zero-order valence-electron chi connectivity index (χ0n) is 14.6. The number of aliphatic imine (C=N–C) groups is 1. The van der Waals surface area contributed by atoms with Gasteiger partial charge in [-0.15, -0.1) is 24.0 Å². The van der Waals surface area contributed by atoms with Gasteiger partial charge in [-0.05, 0) is 36.2 Å². The van der Waals surface area contributed by atoms with Crippen molar-refractivity contribution in [1.82, 2.24) is 35.2 Å². The van der Waals surface area contributed by atoms with Crippen LogP contribution in [0, 0.1) is 0 Å². The summed E-state index contributed by atoms with van der Waals surface area (Å²) in [5, 5.41) is 15.0. The van der Waals surface area contributed by atoms with E-state index in [1.807, 2.05) is 41.3 Å². The fourth-order valence-electron chi connectivity index (χ4n) is 2.39. The standard InChI is InChI=1S/C17H22N8.HI/c1-18-17(20-6-2-10-24-11-3-7-22-24)21-14-15-5-9-19-16(13-15)25-12-4-8-23-25;/h3-5,7-9,11-13H,2,6,10,14H2,1H3,(H2,18,20,21);1H. The lowest BCUT2D eigenvalue weighted by atomic mass is 10.2. The lowest BCUT2D eigenvalue weighted by Gasteiger charge is -2.12. The summed E-state index contributed by atoms with van der Waals surface area (Å²) in [6.45, 7) is 2.37. The molecule has 0 aliphatic rings. The van der Waals surface area contributed by atoms with Crippen LogP contribution in [0.5, 0.6) is 0 Å². The van der Waals surface area contributed by atoms with Crippen LogP contribution in [-0.4, -0.2) is 44.1 Å². The Hall–Kier alpha value is -2.43. The average Bonchev–Trinajstić information content (AvgIpc) is 3.35. The quantitative estimate of drug-likeness (QED) is 0.240. The minimum atomic E-state index is 0. The molecule has 0 atom stereocenters. The molecule has 0 aromatic carbocycles. The first-order valence-electron chi connectivity index (χ1n) is 8.22. The molecule has 0 saturated carbocycles. The van der Waals surface area contributed by atoms with Gasteiger partial charge in [0.25, 0.3) is 0 Å². The van der Waals surface area contributed by atoms with Gasteiger partial charge >= 0.3 is 0 Å². The van der Waals surface area contributed by atoms with Crippen molar-refractivity contribution in [2.24, 2.45) is 4.99 Å². The van der Waals surface area contributed by atoms with Crippen molar-refractivity contribution in [3.05, 3.63) is 60.8 Å². The van der Waals surface area contributed by atoms with Gasteiger partial charge < -0.3 is 10.6 Å². The molecule has 0 fully saturated rings. The average molecular weight is 466 g/mol. The van der Waals surface area contributed by atoms with Crippen molar-refractivity contribution >= 4 is 29.9 Å². The van der Waals surface area contributed by atoms with Crippen molar-refractivity contribution < 1.29 is 0 Å². The van der Waals surface area contributed by atoms with Gasteiger partial charge in [-0.25, -0.2) is 9.67 Å². The maximum absolute atomic E-state index is 4.33. The Labute approximate surface area is 169 Å². The van der Waals surface area contributed by atoms with E-state index in [9.17, 15) is 0 Å². The number of rotatable bonds is 7. The predicted octanol–water partition coefficient (Wildman–Crippen LogP) is 1.84. The minimum Gasteiger partial charge on any atom is -0.356 e. The van der Waals surface area contributed by atoms with E-state index in [1.54, 1.807) is 30.3 Å². The Morgan fingerprint density at radius 2 is 1.96 bits per heavy atom. The second-order valence-corrected chi connectivity index (χ2v) is 5.45. The van der Waals surface area contributed by atoms with E-state index in [-0.39, 0.29) is 24.0 Å². The summed E-state index contributed by atoms with van der Waals surface area (Å²) in [5.41, 5.74) is 1.11. The fourth-order valence-corrected chi connectivity index (χ4v) is 2.39. The third-order valence-electron chi connectivity index (χ3n) is 3.65. The first-order valence-corrected chi connectivity index (χ1v) is 8.22. The number of nitrogens with zero attached hydrogens (tertiary/aromatic N) is 6. The van der Waals surface area contributed by atoms with E-state index >= 15 is 0 Å². The van der Waals surface area contributed by atoms with Crippen LogP contribution >= 0.6 is 24.0 Å². The van der Waals surface area contributed by atoms with E-state index < -0.39 is 0 Å². The molecule has 2 N–H and O–H groups in total. The fraction of sp³-hybridized carbons (Fsp3) is 0.294. The number of hydrogen-bond donors (Lipinski definition) is 2. The Bertz CT molecular complexity index is 783. The largest absolute Gasteiger partial charge is 0.356 e. The molecule has 0 amide bonds. The van der Waals surface area contributed by atoms with Crippen molar-refractivity contribution in [3.8, 4) is 5.82 Å². The zero-order chi connectivity index (χ0) is 17.3. The number of nitrogens with one attached hydrogen (secondary N) is 2. The molecule has 0 aliphatic heterocycles. The summed E-state index contributed by atoms with van der Waals surface area (Å²) in [7, 11) is 1.77. The number of guanidine groups is 1. The molecule has 0 bridgehead atoms. The van der Waals surface area contributed by atoms with Crippen LogP contribution in [0.15, 0.2) is 60.2 Å². The topological polar surface area (TPSA) is 85.0 Å². The third kappa shape index (κ3) is 5.83. The highest BCUT2D eigenvalue weighted by Gasteiger charge is 2.02. The Kier molecular flexibility index (Phi) is 8.06. The molecule has 138 valence electrons. The molecule has 3 aromatic rings. The normalized spacial score (nSPS) is 11.0. The molecule has 3 heterocycles. The highest BCUT2D eigenvalue weighted by Crippen LogP contribution is 2.05. The molecule has 0 radical (unpaired) electrons. The lowest BCUT2D eigenvalue weighted by molar-refractivity contribution is 0.570. The molecule has 9 heteroatoms. The maximum atomic E-state index is 4.33. The molecule has 0 saturated heterocycles. The zero-order valence-corrected chi connectivity index (χ0v) is 16.9. The van der Waals surface area contributed by atoms with Gasteiger partial charge in [0.05, 0.1) is 0 Å². The second-order valence-electron chi connectivity index (χ2n) is 5.45. The van der Waals surface area contributed by atoms with Crippen molar-refractivity contribution in [3.63, 3.8) is 0 Å². The number of aryl methyl sites for hydroxylation is 1. The van der Waals surface area contributed by atoms with Crippen LogP contribution in [0.25, 0.3) is 5.82 Å². The highest BCUT2D eigenvalue weighted by molar-refractivity contribution is 14.0. The third-order valence-corrected chi connectivity index (χ3v) is 3.65. The molecule has 0 aliphatic carbocycles.